The van der Waals surface area contributed by atoms with Crippen molar-refractivity contribution in [3.8, 4) is 22.3 Å². The number of fused-ring (bicyclic) bond motifs is 4. The molecule has 2 aliphatic rings. The Bertz CT molecular complexity index is 1240. The second-order valence-corrected chi connectivity index (χ2v) is 12.5. The van der Waals surface area contributed by atoms with Gasteiger partial charge < -0.3 is 0 Å². The monoisotopic (exact) mass is 472 g/mol. The minimum atomic E-state index is 0.0222. The Morgan fingerprint density at radius 1 is 0.548 bits per heavy atom. The average Bonchev–Trinajstić information content (AvgIpc) is 3.00. The molecule has 0 saturated heterocycles. The molecule has 0 aromatic heterocycles. The van der Waals surface area contributed by atoms with Crippen LogP contribution in [-0.2, 0) is 16.2 Å². The first-order valence-corrected chi connectivity index (χ1v) is 12.2. The zero-order chi connectivity index (χ0) is 22.6. The van der Waals surface area contributed by atoms with E-state index in [1.807, 2.05) is 0 Å². The standard InChI is InChI=1S/C30H33Br/c1-27(2)21-14-10-9-12-19(21)26-18(13-11-15-22(26)27)20-16-23-24(17-25(20)31)29(5,6)30(7,8)28(23,3)4/h9-17H,1-8H3. The summed E-state index contributed by atoms with van der Waals surface area (Å²) in [7, 11) is 0. The molecule has 0 radical (unpaired) electrons. The van der Waals surface area contributed by atoms with Gasteiger partial charge in [0.15, 0.2) is 0 Å². The minimum Gasteiger partial charge on any atom is -0.0619 e. The SMILES string of the molecule is CC1(C)c2ccccc2-c2c(-c3cc4c(cc3Br)C(C)(C)C(C)(C)C4(C)C)cccc21. The normalized spacial score (nSPS) is 20.8. The lowest BCUT2D eigenvalue weighted by Crippen LogP contribution is -2.42. The molecular weight excluding hydrogens is 440 g/mol. The molecule has 5 rings (SSSR count). The molecule has 1 heteroatoms. The highest BCUT2D eigenvalue weighted by atomic mass is 79.9. The second kappa shape index (κ2) is 6.13. The van der Waals surface area contributed by atoms with Crippen molar-refractivity contribution in [2.45, 2.75) is 71.6 Å². The zero-order valence-corrected chi connectivity index (χ0v) is 21.7. The lowest BCUT2D eigenvalue weighted by molar-refractivity contribution is 0.125. The van der Waals surface area contributed by atoms with Crippen LogP contribution >= 0.6 is 15.9 Å². The summed E-state index contributed by atoms with van der Waals surface area (Å²) in [6.45, 7) is 19.2. The Morgan fingerprint density at radius 2 is 1.10 bits per heavy atom. The summed E-state index contributed by atoms with van der Waals surface area (Å²) >= 11 is 3.99. The Balaban J connectivity index is 1.82. The van der Waals surface area contributed by atoms with Crippen molar-refractivity contribution in [3.63, 3.8) is 0 Å². The molecule has 3 aromatic carbocycles. The third-order valence-electron chi connectivity index (χ3n) is 9.48. The molecule has 0 aliphatic heterocycles. The van der Waals surface area contributed by atoms with Crippen molar-refractivity contribution >= 4 is 15.9 Å². The highest BCUT2D eigenvalue weighted by molar-refractivity contribution is 9.10. The molecule has 0 saturated carbocycles. The van der Waals surface area contributed by atoms with E-state index in [9.17, 15) is 0 Å². The molecule has 0 unspecified atom stereocenters. The molecule has 160 valence electrons. The van der Waals surface area contributed by atoms with Gasteiger partial charge in [0.05, 0.1) is 0 Å². The van der Waals surface area contributed by atoms with Gasteiger partial charge in [-0.3, -0.25) is 0 Å². The van der Waals surface area contributed by atoms with Gasteiger partial charge in [-0.1, -0.05) is 114 Å². The third-order valence-corrected chi connectivity index (χ3v) is 10.1. The maximum Gasteiger partial charge on any atom is 0.0257 e. The second-order valence-electron chi connectivity index (χ2n) is 11.7. The first kappa shape index (κ1) is 21.0. The fourth-order valence-corrected chi connectivity index (χ4v) is 6.80. The Labute approximate surface area is 196 Å². The van der Waals surface area contributed by atoms with E-state index in [1.165, 1.54) is 49.0 Å². The molecule has 0 nitrogen and oxygen atoms in total. The summed E-state index contributed by atoms with van der Waals surface area (Å²) in [5.74, 6) is 0. The Morgan fingerprint density at radius 3 is 1.77 bits per heavy atom. The van der Waals surface area contributed by atoms with Crippen LogP contribution in [0.4, 0.5) is 0 Å². The average molecular weight is 473 g/mol. The molecule has 0 N–H and O–H groups in total. The summed E-state index contributed by atoms with van der Waals surface area (Å²) in [5, 5.41) is 0. The van der Waals surface area contributed by atoms with Gasteiger partial charge in [0.1, 0.15) is 0 Å². The molecule has 3 aromatic rings. The summed E-state index contributed by atoms with van der Waals surface area (Å²) < 4.78 is 1.20. The van der Waals surface area contributed by atoms with Crippen molar-refractivity contribution in [1.82, 2.24) is 0 Å². The molecule has 2 aliphatic carbocycles. The summed E-state index contributed by atoms with van der Waals surface area (Å²) in [6, 6.07) is 20.7. The molecule has 31 heavy (non-hydrogen) atoms. The van der Waals surface area contributed by atoms with Gasteiger partial charge in [-0.15, -0.1) is 0 Å². The van der Waals surface area contributed by atoms with Gasteiger partial charge in [0.25, 0.3) is 0 Å². The van der Waals surface area contributed by atoms with E-state index in [2.05, 4.69) is 126 Å². The van der Waals surface area contributed by atoms with Gasteiger partial charge in [0, 0.05) is 9.89 Å². The molecule has 0 bridgehead atoms. The maximum absolute atomic E-state index is 3.99. The van der Waals surface area contributed by atoms with E-state index in [0.717, 1.165) is 0 Å². The van der Waals surface area contributed by atoms with Crippen LogP contribution in [0.25, 0.3) is 22.3 Å². The van der Waals surface area contributed by atoms with Gasteiger partial charge in [0.2, 0.25) is 0 Å². The quantitative estimate of drug-likeness (QED) is 0.331. The van der Waals surface area contributed by atoms with Crippen LogP contribution in [0.5, 0.6) is 0 Å². The first-order valence-electron chi connectivity index (χ1n) is 11.4. The summed E-state index contributed by atoms with van der Waals surface area (Å²) in [6.07, 6.45) is 0. The molecule has 0 fully saturated rings. The van der Waals surface area contributed by atoms with Crippen LogP contribution in [0.3, 0.4) is 0 Å². The maximum atomic E-state index is 3.99. The molecular formula is C30H33Br. The molecule has 0 heterocycles. The van der Waals surface area contributed by atoms with Crippen LogP contribution in [0.2, 0.25) is 0 Å². The van der Waals surface area contributed by atoms with Gasteiger partial charge in [-0.2, -0.15) is 0 Å². The third kappa shape index (κ3) is 2.42. The van der Waals surface area contributed by atoms with E-state index in [1.54, 1.807) is 0 Å². The van der Waals surface area contributed by atoms with Crippen molar-refractivity contribution in [1.29, 1.82) is 0 Å². The predicted octanol–water partition coefficient (Wildman–Crippen LogP) is 9.02. The van der Waals surface area contributed by atoms with Gasteiger partial charge in [-0.05, 0) is 72.9 Å². The largest absolute Gasteiger partial charge is 0.0619 e. The highest BCUT2D eigenvalue weighted by Crippen LogP contribution is 2.63. The molecule has 0 atom stereocenters. The number of halogens is 1. The first-order chi connectivity index (χ1) is 14.3. The van der Waals surface area contributed by atoms with E-state index >= 15 is 0 Å². The topological polar surface area (TPSA) is 0 Å². The number of hydrogen-bond acceptors (Lipinski definition) is 0. The number of rotatable bonds is 1. The van der Waals surface area contributed by atoms with Gasteiger partial charge in [-0.25, -0.2) is 0 Å². The van der Waals surface area contributed by atoms with Crippen molar-refractivity contribution in [2.24, 2.45) is 5.41 Å². The van der Waals surface area contributed by atoms with Gasteiger partial charge >= 0.3 is 0 Å². The van der Waals surface area contributed by atoms with Crippen LogP contribution in [0, 0.1) is 5.41 Å². The molecule has 0 amide bonds. The predicted molar refractivity (Wildman–Crippen MR) is 137 cm³/mol. The Hall–Kier alpha value is -1.86. The van der Waals surface area contributed by atoms with Crippen LogP contribution < -0.4 is 0 Å². The highest BCUT2D eigenvalue weighted by Gasteiger charge is 2.57. The van der Waals surface area contributed by atoms with Crippen molar-refractivity contribution < 1.29 is 0 Å². The lowest BCUT2D eigenvalue weighted by Gasteiger charge is -2.44. The molecule has 0 spiro atoms. The van der Waals surface area contributed by atoms with Crippen molar-refractivity contribution in [3.05, 3.63) is 81.3 Å². The number of benzene rings is 3. The zero-order valence-electron chi connectivity index (χ0n) is 20.1. The van der Waals surface area contributed by atoms with Crippen LogP contribution in [-0.4, -0.2) is 0 Å². The Kier molecular flexibility index (Phi) is 4.16. The van der Waals surface area contributed by atoms with Crippen LogP contribution in [0.15, 0.2) is 59.1 Å². The summed E-state index contributed by atoms with van der Waals surface area (Å²) in [4.78, 5) is 0. The lowest BCUT2D eigenvalue weighted by atomic mass is 9.59. The minimum absolute atomic E-state index is 0.0222. The van der Waals surface area contributed by atoms with Crippen molar-refractivity contribution in [2.75, 3.05) is 0 Å². The van der Waals surface area contributed by atoms with Crippen LogP contribution in [0.1, 0.15) is 77.6 Å². The van der Waals surface area contributed by atoms with E-state index < -0.39 is 0 Å². The van der Waals surface area contributed by atoms with E-state index in [4.69, 9.17) is 0 Å². The smallest absolute Gasteiger partial charge is 0.0257 e. The fourth-order valence-electron chi connectivity index (χ4n) is 6.25. The summed E-state index contributed by atoms with van der Waals surface area (Å²) in [5.41, 5.74) is 11.6. The van der Waals surface area contributed by atoms with E-state index in [0.29, 0.717) is 0 Å². The fraction of sp³-hybridized carbons (Fsp3) is 0.400. The van der Waals surface area contributed by atoms with E-state index in [-0.39, 0.29) is 21.7 Å². The number of hydrogen-bond donors (Lipinski definition) is 0.